The first kappa shape index (κ1) is 34.4. The second kappa shape index (κ2) is 15.7. The molecule has 5 N–H and O–H groups in total. The fourth-order valence-corrected chi connectivity index (χ4v) is 6.32. The van der Waals surface area contributed by atoms with E-state index in [9.17, 15) is 24.3 Å². The lowest BCUT2D eigenvalue weighted by Crippen LogP contribution is -2.62. The van der Waals surface area contributed by atoms with Gasteiger partial charge in [-0.1, -0.05) is 93.8 Å². The Morgan fingerprint density at radius 2 is 1.57 bits per heavy atom. The molecule has 4 rings (SSSR count). The van der Waals surface area contributed by atoms with E-state index in [1.165, 1.54) is 0 Å². The average Bonchev–Trinajstić information content (AvgIpc) is 3.40. The molecule has 2 atom stereocenters. The van der Waals surface area contributed by atoms with Gasteiger partial charge in [-0.05, 0) is 48.1 Å². The summed E-state index contributed by atoms with van der Waals surface area (Å²) in [5.74, 6) is -2.73. The Hall–Kier alpha value is -4.50. The quantitative estimate of drug-likeness (QED) is 0.0906. The number of carbonyl (C=O) groups is 4. The van der Waals surface area contributed by atoms with Crippen LogP contribution in [0.5, 0.6) is 0 Å². The highest BCUT2D eigenvalue weighted by Crippen LogP contribution is 2.31. The van der Waals surface area contributed by atoms with E-state index in [0.29, 0.717) is 36.9 Å². The Kier molecular flexibility index (Phi) is 11.7. The molecule has 9 heteroatoms. The van der Waals surface area contributed by atoms with Gasteiger partial charge in [0.15, 0.2) is 11.3 Å². The number of unbranched alkanes of at least 4 members (excludes halogenated alkanes) is 2. The normalized spacial score (nSPS) is 13.4. The summed E-state index contributed by atoms with van der Waals surface area (Å²) < 4.78 is 2.00. The number of nitrogens with zero attached hydrogens (tertiary/aromatic N) is 2. The van der Waals surface area contributed by atoms with Gasteiger partial charge in [-0.15, -0.1) is 0 Å². The van der Waals surface area contributed by atoms with Crippen molar-refractivity contribution in [3.8, 4) is 0 Å². The van der Waals surface area contributed by atoms with Crippen molar-refractivity contribution in [1.82, 2.24) is 9.47 Å². The molecule has 1 heterocycles. The maximum absolute atomic E-state index is 14.7. The lowest BCUT2D eigenvalue weighted by Gasteiger charge is -2.38. The van der Waals surface area contributed by atoms with E-state index in [1.807, 2.05) is 60.9 Å². The summed E-state index contributed by atoms with van der Waals surface area (Å²) in [7, 11) is 0. The Morgan fingerprint density at radius 3 is 2.26 bits per heavy atom. The number of carboxylic acids is 1. The number of nitrogens with two attached hydrogens (primary N) is 2. The summed E-state index contributed by atoms with van der Waals surface area (Å²) in [6.07, 6.45) is 4.95. The molecule has 0 bridgehead atoms. The molecule has 0 saturated heterocycles. The number of primary amides is 1. The van der Waals surface area contributed by atoms with Crippen LogP contribution in [0.15, 0.2) is 72.9 Å². The number of aliphatic carboxylic acids is 1. The maximum Gasteiger partial charge on any atom is 0.303 e. The molecule has 46 heavy (non-hydrogen) atoms. The van der Waals surface area contributed by atoms with E-state index in [2.05, 4.69) is 24.3 Å². The van der Waals surface area contributed by atoms with Gasteiger partial charge in [-0.2, -0.15) is 0 Å². The number of para-hydroxylation sites is 1. The lowest BCUT2D eigenvalue weighted by atomic mass is 9.83. The van der Waals surface area contributed by atoms with Crippen LogP contribution >= 0.6 is 0 Å². The van der Waals surface area contributed by atoms with Gasteiger partial charge in [0.1, 0.15) is 0 Å². The van der Waals surface area contributed by atoms with Crippen molar-refractivity contribution in [3.63, 3.8) is 0 Å². The number of fused-ring (bicyclic) bond motifs is 2. The van der Waals surface area contributed by atoms with E-state index in [1.54, 1.807) is 11.1 Å². The van der Waals surface area contributed by atoms with Crippen molar-refractivity contribution in [2.24, 2.45) is 11.5 Å². The Morgan fingerprint density at radius 1 is 0.891 bits per heavy atom. The molecule has 9 nitrogen and oxygen atoms in total. The van der Waals surface area contributed by atoms with Crippen LogP contribution in [0.25, 0.3) is 21.7 Å². The minimum atomic E-state index is -2.04. The molecule has 3 aromatic carbocycles. The first-order valence-corrected chi connectivity index (χ1v) is 16.3. The number of carboxylic acid groups (broad SMARTS) is 1. The van der Waals surface area contributed by atoms with Crippen molar-refractivity contribution in [3.05, 3.63) is 84.1 Å². The number of hydrogen-bond donors (Lipinski definition) is 3. The number of amides is 2. The zero-order chi connectivity index (χ0) is 33.3. The van der Waals surface area contributed by atoms with E-state index in [-0.39, 0.29) is 25.7 Å². The third kappa shape index (κ3) is 7.83. The topological polar surface area (TPSA) is 149 Å². The number of hydrogen-bond acceptors (Lipinski definition) is 5. The van der Waals surface area contributed by atoms with Gasteiger partial charge < -0.3 is 26.0 Å². The van der Waals surface area contributed by atoms with Gasteiger partial charge in [0.05, 0.1) is 0 Å². The fourth-order valence-electron chi connectivity index (χ4n) is 6.32. The molecule has 4 aromatic rings. The van der Waals surface area contributed by atoms with Crippen LogP contribution in [0.4, 0.5) is 0 Å². The molecule has 0 saturated carbocycles. The predicted molar refractivity (Wildman–Crippen MR) is 181 cm³/mol. The summed E-state index contributed by atoms with van der Waals surface area (Å²) in [4.78, 5) is 54.5. The van der Waals surface area contributed by atoms with Crippen molar-refractivity contribution >= 4 is 45.2 Å². The SMILES string of the molecule is CCCC[C@@H](CC(N)=O)N(CCCC)C(=O)[C@](N)(CCCC(=O)O)C(=O)c1cn(Cc2cccc3ccccc23)c2ccccc12. The second-order valence-electron chi connectivity index (χ2n) is 12.2. The first-order chi connectivity index (χ1) is 22.1. The Bertz CT molecular complexity index is 1690. The zero-order valence-electron chi connectivity index (χ0n) is 26.9. The minimum Gasteiger partial charge on any atom is -0.481 e. The molecule has 0 aliphatic rings. The van der Waals surface area contributed by atoms with Crippen molar-refractivity contribution < 1.29 is 24.3 Å². The second-order valence-corrected chi connectivity index (χ2v) is 12.2. The third-order valence-corrected chi connectivity index (χ3v) is 8.78. The maximum atomic E-state index is 14.7. The number of aromatic nitrogens is 1. The molecular weight excluding hydrogens is 580 g/mol. The van der Waals surface area contributed by atoms with Gasteiger partial charge in [-0.3, -0.25) is 19.2 Å². The Labute approximate surface area is 270 Å². The molecule has 2 amide bonds. The molecule has 0 aliphatic carbocycles. The predicted octanol–water partition coefficient (Wildman–Crippen LogP) is 6.04. The number of rotatable bonds is 18. The molecule has 0 aliphatic heterocycles. The van der Waals surface area contributed by atoms with E-state index in [0.717, 1.165) is 41.1 Å². The van der Waals surface area contributed by atoms with Crippen LogP contribution in [0.2, 0.25) is 0 Å². The molecular formula is C37H46N4O5. The molecule has 244 valence electrons. The van der Waals surface area contributed by atoms with Crippen LogP contribution in [0, 0.1) is 0 Å². The van der Waals surface area contributed by atoms with Crippen LogP contribution in [-0.4, -0.2) is 56.3 Å². The lowest BCUT2D eigenvalue weighted by molar-refractivity contribution is -0.140. The van der Waals surface area contributed by atoms with E-state index >= 15 is 0 Å². The van der Waals surface area contributed by atoms with Crippen molar-refractivity contribution in [2.75, 3.05) is 6.54 Å². The van der Waals surface area contributed by atoms with Crippen LogP contribution in [0.3, 0.4) is 0 Å². The molecule has 0 fully saturated rings. The van der Waals surface area contributed by atoms with Crippen molar-refractivity contribution in [2.45, 2.75) is 89.8 Å². The molecule has 0 unspecified atom stereocenters. The Balaban J connectivity index is 1.80. The van der Waals surface area contributed by atoms with E-state index < -0.39 is 35.1 Å². The number of Topliss-reactive ketones (excluding diaryl/α,β-unsaturated/α-hetero) is 1. The molecule has 0 spiro atoms. The van der Waals surface area contributed by atoms with Crippen molar-refractivity contribution in [1.29, 1.82) is 0 Å². The summed E-state index contributed by atoms with van der Waals surface area (Å²) in [5.41, 5.74) is 12.7. The fraction of sp³-hybridized carbons (Fsp3) is 0.405. The summed E-state index contributed by atoms with van der Waals surface area (Å²) >= 11 is 0. The standard InChI is InChI=1S/C37H46N4O5/c1-3-5-16-28(23-33(38)42)41(22-6-4-2)36(46)37(39,21-12-20-34(43)44)35(45)31-25-40(32-19-10-9-18-30(31)32)24-27-15-11-14-26-13-7-8-17-29(26)27/h7-11,13-15,17-19,25,28H,3-6,12,16,20-24,39H2,1-2H3,(H2,38,42)(H,43,44)/t28-,37-/m0/s1. The smallest absolute Gasteiger partial charge is 0.303 e. The van der Waals surface area contributed by atoms with Gasteiger partial charge in [-0.25, -0.2) is 0 Å². The highest BCUT2D eigenvalue weighted by Gasteiger charge is 2.46. The largest absolute Gasteiger partial charge is 0.481 e. The number of ketones is 1. The van der Waals surface area contributed by atoms with Crippen LogP contribution < -0.4 is 11.5 Å². The van der Waals surface area contributed by atoms with E-state index in [4.69, 9.17) is 11.5 Å². The summed E-state index contributed by atoms with van der Waals surface area (Å²) in [6.45, 7) is 4.82. The van der Waals surface area contributed by atoms with Gasteiger partial charge in [0.25, 0.3) is 5.91 Å². The highest BCUT2D eigenvalue weighted by molar-refractivity contribution is 6.22. The molecule has 1 aromatic heterocycles. The zero-order valence-corrected chi connectivity index (χ0v) is 26.9. The van der Waals surface area contributed by atoms with Crippen LogP contribution in [-0.2, 0) is 20.9 Å². The monoisotopic (exact) mass is 626 g/mol. The first-order valence-electron chi connectivity index (χ1n) is 16.3. The third-order valence-electron chi connectivity index (χ3n) is 8.78. The molecule has 0 radical (unpaired) electrons. The highest BCUT2D eigenvalue weighted by atomic mass is 16.4. The van der Waals surface area contributed by atoms with Crippen LogP contribution in [0.1, 0.15) is 87.6 Å². The average molecular weight is 627 g/mol. The number of benzene rings is 3. The van der Waals surface area contributed by atoms with Gasteiger partial charge in [0.2, 0.25) is 5.91 Å². The van der Waals surface area contributed by atoms with Gasteiger partial charge >= 0.3 is 5.97 Å². The minimum absolute atomic E-state index is 0.0367. The number of carbonyl (C=O) groups excluding carboxylic acids is 3. The summed E-state index contributed by atoms with van der Waals surface area (Å²) in [6, 6.07) is 21.2. The van der Waals surface area contributed by atoms with Gasteiger partial charge in [0, 0.05) is 54.6 Å². The summed E-state index contributed by atoms with van der Waals surface area (Å²) in [5, 5.41) is 12.3.